The molecule has 4 N–H and O–H groups in total. The molecule has 0 saturated heterocycles. The van der Waals surface area contributed by atoms with Crippen molar-refractivity contribution in [2.45, 2.75) is 13.1 Å². The number of ether oxygens (including phenoxy) is 1. The summed E-state index contributed by atoms with van der Waals surface area (Å²) in [6.45, 7) is 5.61. The van der Waals surface area contributed by atoms with E-state index in [0.717, 1.165) is 18.3 Å². The van der Waals surface area contributed by atoms with Crippen molar-refractivity contribution in [2.24, 2.45) is 15.7 Å². The number of halogens is 3. The van der Waals surface area contributed by atoms with Gasteiger partial charge in [-0.2, -0.15) is 13.2 Å². The van der Waals surface area contributed by atoms with Gasteiger partial charge in [0, 0.05) is 29.7 Å². The molecule has 0 saturated carbocycles. The quantitative estimate of drug-likeness (QED) is 0.590. The molecule has 2 heterocycles. The Kier molecular flexibility index (Phi) is 6.57. The SMILES string of the molecule is C=N/C(=C1\NC=CN=C1N)c1ccc(C(=O)Nc2cc(C(F)(F)F)ccn2)cc1OCC. The van der Waals surface area contributed by atoms with Crippen LogP contribution in [0.5, 0.6) is 5.75 Å². The fraction of sp³-hybridized carbons (Fsp3) is 0.143. The lowest BCUT2D eigenvalue weighted by Crippen LogP contribution is -2.26. The number of alkyl halides is 3. The highest BCUT2D eigenvalue weighted by atomic mass is 19.4. The molecule has 32 heavy (non-hydrogen) atoms. The Balaban J connectivity index is 1.95. The zero-order valence-electron chi connectivity index (χ0n) is 16.9. The predicted molar refractivity (Wildman–Crippen MR) is 115 cm³/mol. The molecule has 11 heteroatoms. The lowest BCUT2D eigenvalue weighted by molar-refractivity contribution is -0.137. The maximum absolute atomic E-state index is 12.9. The number of hydrogen-bond donors (Lipinski definition) is 3. The van der Waals surface area contributed by atoms with Crippen LogP contribution in [0.25, 0.3) is 5.70 Å². The van der Waals surface area contributed by atoms with Crippen LogP contribution in [0.2, 0.25) is 0 Å². The molecule has 2 aromatic rings. The van der Waals surface area contributed by atoms with Crippen LogP contribution in [0.3, 0.4) is 0 Å². The summed E-state index contributed by atoms with van der Waals surface area (Å²) in [5.41, 5.74) is 6.40. The first-order chi connectivity index (χ1) is 15.2. The molecule has 0 spiro atoms. The van der Waals surface area contributed by atoms with E-state index in [4.69, 9.17) is 10.5 Å². The minimum absolute atomic E-state index is 0.142. The topological polar surface area (TPSA) is 114 Å². The molecule has 1 aromatic heterocycles. The Morgan fingerprint density at radius 1 is 1.31 bits per heavy atom. The number of rotatable bonds is 6. The lowest BCUT2D eigenvalue weighted by atomic mass is 10.0. The van der Waals surface area contributed by atoms with Crippen molar-refractivity contribution in [2.75, 3.05) is 11.9 Å². The molecule has 0 atom stereocenters. The van der Waals surface area contributed by atoms with Crippen molar-refractivity contribution < 1.29 is 22.7 Å². The third-order valence-electron chi connectivity index (χ3n) is 4.29. The Bertz CT molecular complexity index is 1140. The summed E-state index contributed by atoms with van der Waals surface area (Å²) in [7, 11) is 0. The third kappa shape index (κ3) is 4.94. The summed E-state index contributed by atoms with van der Waals surface area (Å²) in [6.07, 6.45) is -0.528. The number of amides is 1. The van der Waals surface area contributed by atoms with Gasteiger partial charge in [-0.15, -0.1) is 0 Å². The second-order valence-electron chi connectivity index (χ2n) is 6.38. The van der Waals surface area contributed by atoms with E-state index >= 15 is 0 Å². The molecular formula is C21H19F3N6O2. The largest absolute Gasteiger partial charge is 0.493 e. The lowest BCUT2D eigenvalue weighted by Gasteiger charge is -2.17. The number of aromatic nitrogens is 1. The van der Waals surface area contributed by atoms with Crippen molar-refractivity contribution in [1.82, 2.24) is 10.3 Å². The maximum atomic E-state index is 12.9. The van der Waals surface area contributed by atoms with Crippen LogP contribution >= 0.6 is 0 Å². The van der Waals surface area contributed by atoms with Gasteiger partial charge >= 0.3 is 6.18 Å². The second kappa shape index (κ2) is 9.33. The number of carbonyl (C=O) groups is 1. The number of hydrogen-bond acceptors (Lipinski definition) is 7. The number of benzene rings is 1. The summed E-state index contributed by atoms with van der Waals surface area (Å²) >= 11 is 0. The average Bonchev–Trinajstić information content (AvgIpc) is 2.76. The molecule has 1 aliphatic heterocycles. The Labute approximate surface area is 181 Å². The van der Waals surface area contributed by atoms with Crippen LogP contribution in [-0.4, -0.2) is 30.1 Å². The van der Waals surface area contributed by atoms with E-state index in [1.165, 1.54) is 18.3 Å². The van der Waals surface area contributed by atoms with Crippen LogP contribution in [0, 0.1) is 0 Å². The van der Waals surface area contributed by atoms with E-state index in [1.54, 1.807) is 19.2 Å². The van der Waals surface area contributed by atoms with Crippen molar-refractivity contribution in [3.63, 3.8) is 0 Å². The zero-order chi connectivity index (χ0) is 23.3. The molecule has 1 amide bonds. The summed E-state index contributed by atoms with van der Waals surface area (Å²) in [5.74, 6) is -0.402. The van der Waals surface area contributed by atoms with Crippen molar-refractivity contribution in [3.05, 3.63) is 71.3 Å². The molecule has 0 fully saturated rings. The van der Waals surface area contributed by atoms with Crippen LogP contribution < -0.4 is 21.1 Å². The van der Waals surface area contributed by atoms with Gasteiger partial charge in [0.25, 0.3) is 5.91 Å². The highest BCUT2D eigenvalue weighted by Crippen LogP contribution is 2.32. The van der Waals surface area contributed by atoms with Gasteiger partial charge < -0.3 is 21.1 Å². The number of nitrogens with zero attached hydrogens (tertiary/aromatic N) is 3. The zero-order valence-corrected chi connectivity index (χ0v) is 16.9. The maximum Gasteiger partial charge on any atom is 0.416 e. The fourth-order valence-electron chi connectivity index (χ4n) is 2.86. The smallest absolute Gasteiger partial charge is 0.416 e. The van der Waals surface area contributed by atoms with Gasteiger partial charge in [0.15, 0.2) is 0 Å². The minimum Gasteiger partial charge on any atom is -0.493 e. The van der Waals surface area contributed by atoms with Crippen LogP contribution in [0.15, 0.2) is 64.6 Å². The van der Waals surface area contributed by atoms with Crippen molar-refractivity contribution in [1.29, 1.82) is 0 Å². The monoisotopic (exact) mass is 444 g/mol. The number of carbonyl (C=O) groups excluding carboxylic acids is 1. The van der Waals surface area contributed by atoms with Crippen LogP contribution in [-0.2, 0) is 6.18 Å². The summed E-state index contributed by atoms with van der Waals surface area (Å²) in [6, 6.07) is 6.06. The predicted octanol–water partition coefficient (Wildman–Crippen LogP) is 3.55. The number of pyridine rings is 1. The second-order valence-corrected chi connectivity index (χ2v) is 6.38. The molecule has 0 bridgehead atoms. The number of amidine groups is 1. The van der Waals surface area contributed by atoms with E-state index in [9.17, 15) is 18.0 Å². The van der Waals surface area contributed by atoms with E-state index in [2.05, 4.69) is 32.3 Å². The summed E-state index contributed by atoms with van der Waals surface area (Å²) in [5, 5.41) is 5.31. The standard InChI is InChI=1S/C21H19F3N6O2/c1-3-32-15-10-12(20(31)30-16-11-13(6-7-27-16)21(22,23)24)4-5-14(15)17(26-2)18-19(25)29-9-8-28-18/h4-11,28H,2-3H2,1H3,(H2,25,29)(H,27,30,31)/b18-17-. The average molecular weight is 444 g/mol. The number of nitrogens with two attached hydrogens (primary N) is 1. The van der Waals surface area contributed by atoms with E-state index in [1.807, 2.05) is 0 Å². The molecule has 166 valence electrons. The van der Waals surface area contributed by atoms with Gasteiger partial charge in [-0.05, 0) is 44.0 Å². The highest BCUT2D eigenvalue weighted by Gasteiger charge is 2.31. The number of nitrogens with one attached hydrogen (secondary N) is 2. The van der Waals surface area contributed by atoms with E-state index < -0.39 is 17.6 Å². The Morgan fingerprint density at radius 2 is 2.09 bits per heavy atom. The first-order valence-electron chi connectivity index (χ1n) is 9.32. The highest BCUT2D eigenvalue weighted by molar-refractivity contribution is 6.06. The molecule has 0 aliphatic carbocycles. The summed E-state index contributed by atoms with van der Waals surface area (Å²) < 4.78 is 44.4. The normalized spacial score (nSPS) is 14.8. The first-order valence-corrected chi connectivity index (χ1v) is 9.32. The molecular weight excluding hydrogens is 425 g/mol. The van der Waals surface area contributed by atoms with Crippen LogP contribution in [0.1, 0.15) is 28.4 Å². The van der Waals surface area contributed by atoms with E-state index in [0.29, 0.717) is 22.7 Å². The molecule has 8 nitrogen and oxygen atoms in total. The number of aliphatic imine (C=N–C) groups is 2. The molecule has 0 radical (unpaired) electrons. The fourth-order valence-corrected chi connectivity index (χ4v) is 2.86. The molecule has 1 aromatic carbocycles. The summed E-state index contributed by atoms with van der Waals surface area (Å²) in [4.78, 5) is 24.4. The molecule has 1 aliphatic rings. The third-order valence-corrected chi connectivity index (χ3v) is 4.29. The minimum atomic E-state index is -4.55. The number of anilines is 1. The van der Waals surface area contributed by atoms with E-state index in [-0.39, 0.29) is 23.8 Å². The van der Waals surface area contributed by atoms with Gasteiger partial charge in [-0.3, -0.25) is 9.79 Å². The van der Waals surface area contributed by atoms with Gasteiger partial charge in [-0.1, -0.05) is 0 Å². The van der Waals surface area contributed by atoms with Gasteiger partial charge in [0.2, 0.25) is 0 Å². The van der Waals surface area contributed by atoms with Gasteiger partial charge in [0.05, 0.1) is 12.2 Å². The Morgan fingerprint density at radius 3 is 2.75 bits per heavy atom. The first kappa shape index (κ1) is 22.5. The van der Waals surface area contributed by atoms with Gasteiger partial charge in [-0.25, -0.2) is 9.98 Å². The van der Waals surface area contributed by atoms with Gasteiger partial charge in [0.1, 0.15) is 28.8 Å². The van der Waals surface area contributed by atoms with Crippen LogP contribution in [0.4, 0.5) is 19.0 Å². The van der Waals surface area contributed by atoms with Crippen molar-refractivity contribution >= 4 is 30.0 Å². The van der Waals surface area contributed by atoms with Crippen molar-refractivity contribution in [3.8, 4) is 5.75 Å². The molecule has 3 rings (SSSR count). The molecule has 0 unspecified atom stereocenters. The Hall–Kier alpha value is -4.15.